The second-order valence-corrected chi connectivity index (χ2v) is 6.66. The van der Waals surface area contributed by atoms with Gasteiger partial charge in [0.2, 0.25) is 0 Å². The van der Waals surface area contributed by atoms with E-state index in [1.807, 2.05) is 42.5 Å². The van der Waals surface area contributed by atoms with Crippen molar-refractivity contribution in [1.29, 1.82) is 0 Å². The van der Waals surface area contributed by atoms with Crippen LogP contribution in [0.3, 0.4) is 0 Å². The number of benzene rings is 3. The molecule has 4 rings (SSSR count). The summed E-state index contributed by atoms with van der Waals surface area (Å²) in [4.78, 5) is 15.8. The van der Waals surface area contributed by atoms with Crippen LogP contribution in [0.4, 0.5) is 14.9 Å². The second-order valence-electron chi connectivity index (χ2n) is 6.66. The topological polar surface area (TPSA) is 43.8 Å². The Morgan fingerprint density at radius 1 is 0.963 bits per heavy atom. The summed E-state index contributed by atoms with van der Waals surface area (Å²) >= 11 is 0. The van der Waals surface area contributed by atoms with Crippen molar-refractivity contribution in [2.75, 3.05) is 18.5 Å². The summed E-state index contributed by atoms with van der Waals surface area (Å²) in [6.07, 6.45) is 0. The molecule has 1 saturated heterocycles. The highest BCUT2D eigenvalue weighted by atomic mass is 19.1. The third kappa shape index (κ3) is 3.12. The number of hydrogen-bond donors (Lipinski definition) is 1. The van der Waals surface area contributed by atoms with E-state index in [1.165, 1.54) is 12.1 Å². The fraction of sp³-hybridized carbons (Fsp3) is 0.136. The molecule has 0 saturated carbocycles. The third-order valence-electron chi connectivity index (χ3n) is 4.89. The van der Waals surface area contributed by atoms with Crippen LogP contribution in [0.5, 0.6) is 5.75 Å². The van der Waals surface area contributed by atoms with Gasteiger partial charge in [0.1, 0.15) is 11.6 Å². The fourth-order valence-corrected chi connectivity index (χ4v) is 3.50. The van der Waals surface area contributed by atoms with Crippen molar-refractivity contribution in [2.45, 2.75) is 6.04 Å². The third-order valence-corrected chi connectivity index (χ3v) is 4.89. The number of likely N-dealkylation sites (N-methyl/N-ethyl adjacent to an activating group) is 1. The molecular weight excluding hydrogens is 343 g/mol. The molecule has 136 valence electrons. The van der Waals surface area contributed by atoms with E-state index in [-0.39, 0.29) is 23.6 Å². The number of rotatable bonds is 3. The molecule has 1 unspecified atom stereocenters. The summed E-state index contributed by atoms with van der Waals surface area (Å²) in [5.74, 6) is -0.220. The summed E-state index contributed by atoms with van der Waals surface area (Å²) in [5, 5.41) is 10.7. The van der Waals surface area contributed by atoms with Crippen LogP contribution in [0.25, 0.3) is 11.1 Å². The molecule has 1 atom stereocenters. The Bertz CT molecular complexity index is 973. The van der Waals surface area contributed by atoms with Gasteiger partial charge in [0.05, 0.1) is 6.04 Å². The second kappa shape index (κ2) is 6.76. The summed E-state index contributed by atoms with van der Waals surface area (Å²) in [6.45, 7) is 0.439. The minimum atomic E-state index is -0.356. The largest absolute Gasteiger partial charge is 0.508 e. The molecule has 2 amide bonds. The predicted octanol–water partition coefficient (Wildman–Crippen LogP) is 4.81. The van der Waals surface area contributed by atoms with Crippen LogP contribution in [0.2, 0.25) is 0 Å². The highest BCUT2D eigenvalue weighted by molar-refractivity contribution is 5.95. The predicted molar refractivity (Wildman–Crippen MR) is 103 cm³/mol. The summed E-state index contributed by atoms with van der Waals surface area (Å²) in [5.41, 5.74) is 3.18. The smallest absolute Gasteiger partial charge is 0.324 e. The van der Waals surface area contributed by atoms with Crippen molar-refractivity contribution in [1.82, 2.24) is 4.90 Å². The SMILES string of the molecule is CN1CC(c2ccc(-c3ccccc3)cc2O)N(c2ccc(F)cc2)C1=O. The molecule has 27 heavy (non-hydrogen) atoms. The van der Waals surface area contributed by atoms with Crippen molar-refractivity contribution in [3.8, 4) is 16.9 Å². The van der Waals surface area contributed by atoms with Crippen molar-refractivity contribution in [2.24, 2.45) is 0 Å². The van der Waals surface area contributed by atoms with E-state index in [1.54, 1.807) is 35.0 Å². The first kappa shape index (κ1) is 17.1. The number of phenols is 1. The van der Waals surface area contributed by atoms with E-state index in [9.17, 15) is 14.3 Å². The highest BCUT2D eigenvalue weighted by Gasteiger charge is 2.38. The summed E-state index contributed by atoms with van der Waals surface area (Å²) in [6, 6.07) is 20.6. The molecule has 0 bridgehead atoms. The Morgan fingerprint density at radius 3 is 2.33 bits per heavy atom. The summed E-state index contributed by atoms with van der Waals surface area (Å²) < 4.78 is 13.3. The van der Waals surface area contributed by atoms with Crippen LogP contribution in [0, 0.1) is 5.82 Å². The number of nitrogens with zero attached hydrogens (tertiary/aromatic N) is 2. The minimum Gasteiger partial charge on any atom is -0.508 e. The van der Waals surface area contributed by atoms with E-state index >= 15 is 0 Å². The maximum absolute atomic E-state index is 13.3. The van der Waals surface area contributed by atoms with Crippen LogP contribution in [-0.2, 0) is 0 Å². The molecule has 3 aromatic carbocycles. The Morgan fingerprint density at radius 2 is 1.67 bits per heavy atom. The molecule has 0 aromatic heterocycles. The van der Waals surface area contributed by atoms with Gasteiger partial charge >= 0.3 is 6.03 Å². The first-order chi connectivity index (χ1) is 13.0. The van der Waals surface area contributed by atoms with E-state index in [4.69, 9.17) is 0 Å². The molecule has 1 aliphatic heterocycles. The maximum Gasteiger partial charge on any atom is 0.324 e. The lowest BCUT2D eigenvalue weighted by atomic mass is 9.99. The van der Waals surface area contributed by atoms with Crippen molar-refractivity contribution < 1.29 is 14.3 Å². The van der Waals surface area contributed by atoms with Gasteiger partial charge in [0, 0.05) is 24.8 Å². The van der Waals surface area contributed by atoms with Crippen LogP contribution in [0.15, 0.2) is 72.8 Å². The highest BCUT2D eigenvalue weighted by Crippen LogP contribution is 2.39. The van der Waals surface area contributed by atoms with Crippen molar-refractivity contribution in [3.05, 3.63) is 84.2 Å². The van der Waals surface area contributed by atoms with Gasteiger partial charge in [-0.1, -0.05) is 42.5 Å². The van der Waals surface area contributed by atoms with Crippen LogP contribution in [0.1, 0.15) is 11.6 Å². The normalized spacial score (nSPS) is 16.8. The summed E-state index contributed by atoms with van der Waals surface area (Å²) in [7, 11) is 1.72. The van der Waals surface area contributed by atoms with Gasteiger partial charge in [-0.25, -0.2) is 9.18 Å². The molecule has 1 aliphatic rings. The zero-order chi connectivity index (χ0) is 19.0. The Balaban J connectivity index is 1.72. The number of carbonyl (C=O) groups excluding carboxylic acids is 1. The number of carbonyl (C=O) groups is 1. The lowest BCUT2D eigenvalue weighted by molar-refractivity contribution is 0.229. The minimum absolute atomic E-state index is 0.136. The lowest BCUT2D eigenvalue weighted by Gasteiger charge is -2.24. The van der Waals surface area contributed by atoms with E-state index < -0.39 is 0 Å². The number of aromatic hydroxyl groups is 1. The standard InChI is InChI=1S/C22H19FN2O2/c1-24-14-20(25(22(24)27)18-10-8-17(23)9-11-18)19-12-7-16(13-21(19)26)15-5-3-2-4-6-15/h2-13,20,26H,14H2,1H3. The Labute approximate surface area is 157 Å². The Hall–Kier alpha value is -3.34. The average Bonchev–Trinajstić information content (AvgIpc) is 2.98. The molecule has 0 radical (unpaired) electrons. The first-order valence-electron chi connectivity index (χ1n) is 8.73. The molecule has 0 aliphatic carbocycles. The van der Waals surface area contributed by atoms with Gasteiger partial charge in [-0.3, -0.25) is 4.90 Å². The van der Waals surface area contributed by atoms with Gasteiger partial charge in [0.25, 0.3) is 0 Å². The van der Waals surface area contributed by atoms with Gasteiger partial charge < -0.3 is 10.0 Å². The number of anilines is 1. The molecule has 0 spiro atoms. The monoisotopic (exact) mass is 362 g/mol. The zero-order valence-corrected chi connectivity index (χ0v) is 14.8. The number of halogens is 1. The van der Waals surface area contributed by atoms with Gasteiger partial charge in [-0.2, -0.15) is 0 Å². The van der Waals surface area contributed by atoms with E-state index in [0.29, 0.717) is 17.8 Å². The van der Waals surface area contributed by atoms with E-state index in [2.05, 4.69) is 0 Å². The van der Waals surface area contributed by atoms with Crippen LogP contribution < -0.4 is 4.90 Å². The number of hydrogen-bond acceptors (Lipinski definition) is 2. The number of urea groups is 1. The van der Waals surface area contributed by atoms with Crippen LogP contribution >= 0.6 is 0 Å². The lowest BCUT2D eigenvalue weighted by Crippen LogP contribution is -2.30. The average molecular weight is 362 g/mol. The molecule has 1 N–H and O–H groups in total. The molecule has 5 heteroatoms. The molecule has 3 aromatic rings. The quantitative estimate of drug-likeness (QED) is 0.726. The maximum atomic E-state index is 13.3. The van der Waals surface area contributed by atoms with Gasteiger partial charge in [0.15, 0.2) is 0 Å². The van der Waals surface area contributed by atoms with E-state index in [0.717, 1.165) is 11.1 Å². The molecule has 1 fully saturated rings. The van der Waals surface area contributed by atoms with Gasteiger partial charge in [-0.05, 0) is 41.5 Å². The number of phenolic OH excluding ortho intramolecular Hbond substituents is 1. The van der Waals surface area contributed by atoms with Crippen molar-refractivity contribution in [3.63, 3.8) is 0 Å². The first-order valence-corrected chi connectivity index (χ1v) is 8.73. The number of amides is 2. The molecule has 4 nitrogen and oxygen atoms in total. The fourth-order valence-electron chi connectivity index (χ4n) is 3.50. The van der Waals surface area contributed by atoms with Crippen molar-refractivity contribution >= 4 is 11.7 Å². The Kier molecular flexibility index (Phi) is 4.28. The molecule has 1 heterocycles. The zero-order valence-electron chi connectivity index (χ0n) is 14.8. The molecular formula is C22H19FN2O2. The van der Waals surface area contributed by atoms with Crippen LogP contribution in [-0.4, -0.2) is 29.6 Å². The van der Waals surface area contributed by atoms with Gasteiger partial charge in [-0.15, -0.1) is 0 Å².